The van der Waals surface area contributed by atoms with Crippen LogP contribution < -0.4 is 0 Å². The van der Waals surface area contributed by atoms with Crippen LogP contribution in [0.1, 0.15) is 26.2 Å². The van der Waals surface area contributed by atoms with Gasteiger partial charge < -0.3 is 18.8 Å². The van der Waals surface area contributed by atoms with Gasteiger partial charge in [-0.1, -0.05) is 6.58 Å². The van der Waals surface area contributed by atoms with E-state index in [1.54, 1.807) is 0 Å². The van der Waals surface area contributed by atoms with Gasteiger partial charge in [0.2, 0.25) is 0 Å². The van der Waals surface area contributed by atoms with Gasteiger partial charge in [0, 0.05) is 6.42 Å². The van der Waals surface area contributed by atoms with E-state index in [1.165, 1.54) is 0 Å². The van der Waals surface area contributed by atoms with Crippen molar-refractivity contribution in [1.82, 2.24) is 0 Å². The lowest BCUT2D eigenvalue weighted by Crippen LogP contribution is -2.58. The number of hydrogen-bond acceptors (Lipinski definition) is 8. The van der Waals surface area contributed by atoms with Gasteiger partial charge in [-0.2, -0.15) is 43.9 Å². The maximum atomic E-state index is 13.5. The number of carbonyl (C=O) groups excluding carboxylic acids is 2. The van der Waals surface area contributed by atoms with E-state index in [4.69, 9.17) is 0 Å². The minimum atomic E-state index is -6.83. The summed E-state index contributed by atoms with van der Waals surface area (Å²) < 4.78 is 173. The molecule has 0 radical (unpaired) electrons. The van der Waals surface area contributed by atoms with Crippen molar-refractivity contribution >= 4 is 22.1 Å². The Bertz CT molecular complexity index is 865. The summed E-state index contributed by atoms with van der Waals surface area (Å²) in [5.41, 5.74) is -2.49. The third kappa shape index (κ3) is 7.17. The average Bonchev–Trinajstić information content (AvgIpc) is 2.63. The van der Waals surface area contributed by atoms with Crippen molar-refractivity contribution in [2.75, 3.05) is 13.2 Å². The predicted molar refractivity (Wildman–Crippen MR) is 86.1 cm³/mol. The van der Waals surface area contributed by atoms with Crippen LogP contribution in [0.5, 0.6) is 0 Å². The van der Waals surface area contributed by atoms with Crippen LogP contribution >= 0.6 is 0 Å². The van der Waals surface area contributed by atoms with Crippen molar-refractivity contribution in [3.8, 4) is 0 Å². The zero-order valence-corrected chi connectivity index (χ0v) is 17.5. The van der Waals surface area contributed by atoms with E-state index >= 15 is 0 Å². The molecule has 1 unspecified atom stereocenters. The Kier molecular flexibility index (Phi) is 9.96. The molecule has 19 heteroatoms. The Hall–Kier alpha value is -2.15. The highest BCUT2D eigenvalue weighted by Gasteiger charge is 2.68. The summed E-state index contributed by atoms with van der Waals surface area (Å²) in [5, 5.41) is -6.07. The second kappa shape index (κ2) is 10.6. The van der Waals surface area contributed by atoms with Crippen molar-refractivity contribution in [2.24, 2.45) is 0 Å². The lowest BCUT2D eigenvalue weighted by atomic mass is 10.1. The van der Waals surface area contributed by atoms with Crippen molar-refractivity contribution in [3.05, 3.63) is 12.2 Å². The topological polar surface area (TPSA) is 119 Å². The lowest BCUT2D eigenvalue weighted by Gasteiger charge is -2.32. The molecule has 0 fully saturated rings. The first-order valence-corrected chi connectivity index (χ1v) is 9.97. The molecule has 200 valence electrons. The van der Waals surface area contributed by atoms with Crippen LogP contribution in [0.3, 0.4) is 0 Å². The summed E-state index contributed by atoms with van der Waals surface area (Å²) in [7, 11) is -6.83. The minimum Gasteiger partial charge on any atom is -0.743 e. The van der Waals surface area contributed by atoms with Crippen LogP contribution in [-0.4, -0.2) is 67.4 Å². The normalized spacial score (nSPS) is 15.4. The Labute approximate surface area is 184 Å². The summed E-state index contributed by atoms with van der Waals surface area (Å²) >= 11 is 0. The molecule has 0 saturated carbocycles. The Balaban J connectivity index is 5.68. The van der Waals surface area contributed by atoms with E-state index in [-0.39, 0.29) is 0 Å². The molecule has 0 rings (SSSR count). The molecule has 0 aliphatic carbocycles. The number of esters is 2. The van der Waals surface area contributed by atoms with Gasteiger partial charge in [0.1, 0.15) is 5.57 Å². The van der Waals surface area contributed by atoms with E-state index in [2.05, 4.69) is 20.8 Å². The number of unbranched alkanes of at least 4 members (excludes halogenated alkanes) is 1. The SMILES string of the molecule is C=C(C(=O)OC(OCCCCC(F)(F)C(F)(F)S(=O)(=O)[O-])(C(=O)OCC)C(F)(F)F)C(F)(F)F. The van der Waals surface area contributed by atoms with E-state index < -0.39 is 89.4 Å². The van der Waals surface area contributed by atoms with E-state index in [0.29, 0.717) is 0 Å². The van der Waals surface area contributed by atoms with Crippen LogP contribution in [0.4, 0.5) is 43.9 Å². The smallest absolute Gasteiger partial charge is 0.468 e. The highest BCUT2D eigenvalue weighted by atomic mass is 32.2. The Morgan fingerprint density at radius 1 is 0.941 bits per heavy atom. The molecule has 0 aliphatic heterocycles. The minimum absolute atomic E-state index is 0.831. The van der Waals surface area contributed by atoms with Gasteiger partial charge in [-0.25, -0.2) is 18.0 Å². The summed E-state index contributed by atoms with van der Waals surface area (Å²) in [6, 6.07) is 0. The molecule has 34 heavy (non-hydrogen) atoms. The second-order valence-electron chi connectivity index (χ2n) is 6.18. The predicted octanol–water partition coefficient (Wildman–Crippen LogP) is 3.43. The second-order valence-corrected chi connectivity index (χ2v) is 7.60. The maximum absolute atomic E-state index is 13.5. The molecule has 0 bridgehead atoms. The molecule has 0 spiro atoms. The molecule has 0 aromatic heterocycles. The van der Waals surface area contributed by atoms with Gasteiger partial charge in [0.15, 0.2) is 10.1 Å². The lowest BCUT2D eigenvalue weighted by molar-refractivity contribution is -0.355. The number of ether oxygens (including phenoxy) is 3. The average molecular weight is 545 g/mol. The Morgan fingerprint density at radius 2 is 1.44 bits per heavy atom. The van der Waals surface area contributed by atoms with E-state index in [1.807, 2.05) is 0 Å². The first-order valence-electron chi connectivity index (χ1n) is 8.56. The van der Waals surface area contributed by atoms with Gasteiger partial charge in [0.25, 0.3) is 0 Å². The Morgan fingerprint density at radius 3 is 1.82 bits per heavy atom. The number of rotatable bonds is 12. The molecular weight excluding hydrogens is 530 g/mol. The molecule has 0 saturated heterocycles. The van der Waals surface area contributed by atoms with Gasteiger partial charge in [0.05, 0.1) is 13.2 Å². The highest BCUT2D eigenvalue weighted by Crippen LogP contribution is 2.42. The fourth-order valence-electron chi connectivity index (χ4n) is 1.91. The third-order valence-electron chi connectivity index (χ3n) is 3.67. The zero-order chi connectivity index (χ0) is 27.4. The standard InChI is InChI=1S/C15H16F10O8S/c1-3-31-10(27)12(14(21,22)23,33-9(26)8(2)13(18,19)20)32-7-5-4-6-11(16,17)15(24,25)34(28,29)30/h2-7H2,1H3,(H,28,29,30)/p-1. The number of carbonyl (C=O) groups is 2. The molecule has 8 nitrogen and oxygen atoms in total. The van der Waals surface area contributed by atoms with Crippen LogP contribution in [0.15, 0.2) is 12.2 Å². The fourth-order valence-corrected chi connectivity index (χ4v) is 2.38. The maximum Gasteiger partial charge on any atom is 0.468 e. The molecule has 0 amide bonds. The van der Waals surface area contributed by atoms with Crippen LogP contribution in [-0.2, 0) is 33.9 Å². The molecule has 0 aromatic carbocycles. The van der Waals surface area contributed by atoms with E-state index in [9.17, 15) is 66.5 Å². The zero-order valence-electron chi connectivity index (χ0n) is 16.7. The van der Waals surface area contributed by atoms with Gasteiger partial charge in [-0.15, -0.1) is 0 Å². The quantitative estimate of drug-likeness (QED) is 0.0915. The number of alkyl halides is 10. The van der Waals surface area contributed by atoms with Crippen molar-refractivity contribution in [2.45, 2.75) is 55.5 Å². The summed E-state index contributed by atoms with van der Waals surface area (Å²) in [6.07, 6.45) is -16.1. The molecular formula is C15H15F10O8S-. The summed E-state index contributed by atoms with van der Waals surface area (Å²) in [5.74, 6) is -15.7. The van der Waals surface area contributed by atoms with Crippen molar-refractivity contribution in [3.63, 3.8) is 0 Å². The molecule has 0 aromatic rings. The molecule has 0 aliphatic rings. The van der Waals surface area contributed by atoms with E-state index in [0.717, 1.165) is 6.92 Å². The first kappa shape index (κ1) is 31.9. The number of hydrogen-bond donors (Lipinski definition) is 0. The monoisotopic (exact) mass is 545 g/mol. The highest BCUT2D eigenvalue weighted by molar-refractivity contribution is 7.86. The van der Waals surface area contributed by atoms with Gasteiger partial charge in [-0.05, 0) is 19.8 Å². The third-order valence-corrected chi connectivity index (χ3v) is 4.60. The number of halogens is 10. The summed E-state index contributed by atoms with van der Waals surface area (Å²) in [4.78, 5) is 23.3. The van der Waals surface area contributed by atoms with Crippen molar-refractivity contribution in [1.29, 1.82) is 0 Å². The summed E-state index contributed by atoms with van der Waals surface area (Å²) in [6.45, 7) is 0.757. The van der Waals surface area contributed by atoms with Crippen LogP contribution in [0, 0.1) is 0 Å². The molecule has 0 heterocycles. The molecule has 0 N–H and O–H groups in total. The largest absolute Gasteiger partial charge is 0.743 e. The van der Waals surface area contributed by atoms with Gasteiger partial charge >= 0.3 is 41.3 Å². The van der Waals surface area contributed by atoms with Gasteiger partial charge in [-0.3, -0.25) is 0 Å². The van der Waals surface area contributed by atoms with Crippen LogP contribution in [0.2, 0.25) is 0 Å². The van der Waals surface area contributed by atoms with Crippen LogP contribution in [0.25, 0.3) is 0 Å². The van der Waals surface area contributed by atoms with Crippen molar-refractivity contribution < 1.29 is 80.7 Å². The fraction of sp³-hybridized carbons (Fsp3) is 0.733. The molecule has 1 atom stereocenters. The first-order chi connectivity index (χ1) is 15.0.